The maximum Gasteiger partial charge on any atom is 0.163 e. The van der Waals surface area contributed by atoms with E-state index >= 15 is 0 Å². The summed E-state index contributed by atoms with van der Waals surface area (Å²) in [4.78, 5) is 0. The zero-order valence-corrected chi connectivity index (χ0v) is 12.2. The van der Waals surface area contributed by atoms with Gasteiger partial charge in [0.05, 0.1) is 26.4 Å². The Morgan fingerprint density at radius 3 is 2.50 bits per heavy atom. The first-order valence-corrected chi connectivity index (χ1v) is 6.91. The molecule has 0 aliphatic carbocycles. The van der Waals surface area contributed by atoms with E-state index in [0.29, 0.717) is 17.1 Å². The summed E-state index contributed by atoms with van der Waals surface area (Å²) in [6, 6.07) is 2.87. The van der Waals surface area contributed by atoms with Gasteiger partial charge in [-0.3, -0.25) is 0 Å². The van der Waals surface area contributed by atoms with Crippen LogP contribution in [0.15, 0.2) is 12.1 Å². The number of likely N-dealkylation sites (N-methyl/N-ethyl adjacent to an activating group) is 1. The van der Waals surface area contributed by atoms with Crippen LogP contribution in [0.5, 0.6) is 11.5 Å². The molecule has 1 saturated heterocycles. The topological polar surface area (TPSA) is 39.7 Å². The lowest BCUT2D eigenvalue weighted by Gasteiger charge is -2.31. The van der Waals surface area contributed by atoms with Gasteiger partial charge in [0.15, 0.2) is 11.5 Å². The number of ether oxygens (including phenoxy) is 3. The van der Waals surface area contributed by atoms with E-state index in [2.05, 4.69) is 5.32 Å². The Bertz CT molecular complexity index is 447. The molecule has 1 heterocycles. The average molecular weight is 283 g/mol. The smallest absolute Gasteiger partial charge is 0.163 e. The highest BCUT2D eigenvalue weighted by atomic mass is 19.1. The fraction of sp³-hybridized carbons (Fsp3) is 0.600. The van der Waals surface area contributed by atoms with Gasteiger partial charge in [0.25, 0.3) is 0 Å². The van der Waals surface area contributed by atoms with E-state index in [1.807, 2.05) is 7.05 Å². The van der Waals surface area contributed by atoms with Crippen LogP contribution in [-0.4, -0.2) is 34.0 Å². The van der Waals surface area contributed by atoms with Crippen molar-refractivity contribution < 1.29 is 18.6 Å². The van der Waals surface area contributed by atoms with Gasteiger partial charge in [0.2, 0.25) is 0 Å². The maximum absolute atomic E-state index is 14.3. The van der Waals surface area contributed by atoms with Gasteiger partial charge in [-0.25, -0.2) is 4.39 Å². The van der Waals surface area contributed by atoms with Crippen molar-refractivity contribution in [2.45, 2.75) is 31.4 Å². The van der Waals surface area contributed by atoms with E-state index in [0.717, 1.165) is 25.9 Å². The highest BCUT2D eigenvalue weighted by Gasteiger charge is 2.28. The van der Waals surface area contributed by atoms with E-state index in [9.17, 15) is 4.39 Å². The molecule has 2 rings (SSSR count). The van der Waals surface area contributed by atoms with Crippen LogP contribution in [0.2, 0.25) is 0 Å². The normalized spacial score (nSPS) is 20.5. The summed E-state index contributed by atoms with van der Waals surface area (Å²) in [7, 11) is 4.86. The van der Waals surface area contributed by atoms with Crippen molar-refractivity contribution in [2.75, 3.05) is 27.9 Å². The van der Waals surface area contributed by atoms with Crippen LogP contribution >= 0.6 is 0 Å². The number of hydrogen-bond donors (Lipinski definition) is 1. The summed E-state index contributed by atoms with van der Waals surface area (Å²) in [6.07, 6.45) is 3.10. The van der Waals surface area contributed by atoms with E-state index in [1.54, 1.807) is 13.2 Å². The first-order chi connectivity index (χ1) is 9.71. The highest BCUT2D eigenvalue weighted by Crippen LogP contribution is 2.35. The maximum atomic E-state index is 14.3. The third-order valence-corrected chi connectivity index (χ3v) is 3.74. The molecule has 0 saturated carbocycles. The van der Waals surface area contributed by atoms with Crippen LogP contribution < -0.4 is 14.8 Å². The molecule has 1 aromatic rings. The Kier molecular flexibility index (Phi) is 5.20. The van der Waals surface area contributed by atoms with Gasteiger partial charge in [-0.05, 0) is 32.4 Å². The van der Waals surface area contributed by atoms with Gasteiger partial charge in [-0.2, -0.15) is 0 Å². The Morgan fingerprint density at radius 2 is 1.95 bits per heavy atom. The van der Waals surface area contributed by atoms with E-state index in [4.69, 9.17) is 14.2 Å². The van der Waals surface area contributed by atoms with Gasteiger partial charge in [-0.15, -0.1) is 0 Å². The number of halogens is 1. The SMILES string of the molecule is CNC(c1cc(OC)c(OC)cc1F)C1CCCCO1. The van der Waals surface area contributed by atoms with Crippen molar-refractivity contribution in [3.8, 4) is 11.5 Å². The lowest BCUT2D eigenvalue weighted by Crippen LogP contribution is -2.34. The zero-order chi connectivity index (χ0) is 14.5. The number of benzene rings is 1. The zero-order valence-electron chi connectivity index (χ0n) is 12.2. The number of rotatable bonds is 5. The molecular formula is C15H22FNO3. The monoisotopic (exact) mass is 283 g/mol. The minimum atomic E-state index is -0.309. The minimum absolute atomic E-state index is 0.0126. The Labute approximate surface area is 119 Å². The molecule has 1 aromatic carbocycles. The van der Waals surface area contributed by atoms with E-state index in [1.165, 1.54) is 13.2 Å². The van der Waals surface area contributed by atoms with Crippen molar-refractivity contribution in [3.63, 3.8) is 0 Å². The fourth-order valence-electron chi connectivity index (χ4n) is 2.68. The van der Waals surface area contributed by atoms with Gasteiger partial charge in [0.1, 0.15) is 5.82 Å². The predicted octanol–water partition coefficient (Wildman–Crippen LogP) is 2.67. The Balaban J connectivity index is 2.33. The molecule has 0 radical (unpaired) electrons. The van der Waals surface area contributed by atoms with Crippen LogP contribution in [-0.2, 0) is 4.74 Å². The van der Waals surface area contributed by atoms with Gasteiger partial charge < -0.3 is 19.5 Å². The average Bonchev–Trinajstić information content (AvgIpc) is 2.50. The minimum Gasteiger partial charge on any atom is -0.493 e. The number of nitrogens with one attached hydrogen (secondary N) is 1. The summed E-state index contributed by atoms with van der Waals surface area (Å²) in [5.41, 5.74) is 0.553. The summed E-state index contributed by atoms with van der Waals surface area (Å²) in [6.45, 7) is 0.734. The van der Waals surface area contributed by atoms with Crippen molar-refractivity contribution in [2.24, 2.45) is 0 Å². The van der Waals surface area contributed by atoms with Crippen LogP contribution in [0, 0.1) is 5.82 Å². The third kappa shape index (κ3) is 3.04. The predicted molar refractivity (Wildman–Crippen MR) is 74.9 cm³/mol. The second kappa shape index (κ2) is 6.90. The van der Waals surface area contributed by atoms with Crippen molar-refractivity contribution >= 4 is 0 Å². The summed E-state index contributed by atoms with van der Waals surface area (Å²) >= 11 is 0. The largest absolute Gasteiger partial charge is 0.493 e. The van der Waals surface area contributed by atoms with Gasteiger partial charge in [-0.1, -0.05) is 0 Å². The number of hydrogen-bond acceptors (Lipinski definition) is 4. The molecule has 20 heavy (non-hydrogen) atoms. The highest BCUT2D eigenvalue weighted by molar-refractivity contribution is 5.45. The quantitative estimate of drug-likeness (QED) is 0.902. The van der Waals surface area contributed by atoms with E-state index in [-0.39, 0.29) is 18.0 Å². The van der Waals surface area contributed by atoms with E-state index < -0.39 is 0 Å². The van der Waals surface area contributed by atoms with Gasteiger partial charge in [0, 0.05) is 18.2 Å². The summed E-state index contributed by atoms with van der Waals surface area (Å²) < 4.78 is 30.5. The van der Waals surface area contributed by atoms with Crippen molar-refractivity contribution in [3.05, 3.63) is 23.5 Å². The lowest BCUT2D eigenvalue weighted by molar-refractivity contribution is -0.00736. The first kappa shape index (κ1) is 15.1. The molecule has 1 fully saturated rings. The summed E-state index contributed by atoms with van der Waals surface area (Å²) in [5.74, 6) is 0.615. The Hall–Kier alpha value is -1.33. The Morgan fingerprint density at radius 1 is 1.25 bits per heavy atom. The molecule has 0 spiro atoms. The van der Waals surface area contributed by atoms with Crippen molar-refractivity contribution in [1.29, 1.82) is 0 Å². The molecular weight excluding hydrogens is 261 g/mol. The molecule has 2 unspecified atom stereocenters. The molecule has 1 aliphatic rings. The summed E-state index contributed by atoms with van der Waals surface area (Å²) in [5, 5.41) is 3.16. The molecule has 0 bridgehead atoms. The molecule has 0 amide bonds. The molecule has 2 atom stereocenters. The van der Waals surface area contributed by atoms with Crippen molar-refractivity contribution in [1.82, 2.24) is 5.32 Å². The molecule has 1 aliphatic heterocycles. The van der Waals surface area contributed by atoms with Crippen LogP contribution in [0.3, 0.4) is 0 Å². The molecule has 1 N–H and O–H groups in total. The molecule has 112 valence electrons. The van der Waals surface area contributed by atoms with Crippen LogP contribution in [0.25, 0.3) is 0 Å². The molecule has 5 heteroatoms. The van der Waals surface area contributed by atoms with Crippen LogP contribution in [0.1, 0.15) is 30.9 Å². The van der Waals surface area contributed by atoms with Crippen LogP contribution in [0.4, 0.5) is 4.39 Å². The fourth-order valence-corrected chi connectivity index (χ4v) is 2.68. The first-order valence-electron chi connectivity index (χ1n) is 6.91. The standard InChI is InChI=1S/C15H22FNO3/c1-17-15(12-6-4-5-7-20-12)10-8-13(18-2)14(19-3)9-11(10)16/h8-9,12,15,17H,4-7H2,1-3H3. The second-order valence-corrected chi connectivity index (χ2v) is 4.90. The second-order valence-electron chi connectivity index (χ2n) is 4.90. The molecule has 4 nitrogen and oxygen atoms in total. The van der Waals surface area contributed by atoms with Gasteiger partial charge >= 0.3 is 0 Å². The molecule has 0 aromatic heterocycles. The lowest BCUT2D eigenvalue weighted by atomic mass is 9.95. The third-order valence-electron chi connectivity index (χ3n) is 3.74. The number of methoxy groups -OCH3 is 2.